The lowest BCUT2D eigenvalue weighted by Gasteiger charge is -2.24. The highest BCUT2D eigenvalue weighted by Crippen LogP contribution is 2.45. The summed E-state index contributed by atoms with van der Waals surface area (Å²) in [6.45, 7) is 6.79. The molecule has 0 aromatic carbocycles. The van der Waals surface area contributed by atoms with Crippen molar-refractivity contribution in [1.29, 1.82) is 0 Å². The van der Waals surface area contributed by atoms with Gasteiger partial charge in [0.1, 0.15) is 0 Å². The third kappa shape index (κ3) is 1.85. The Labute approximate surface area is 94.1 Å². The van der Waals surface area contributed by atoms with Crippen LogP contribution in [0.4, 0.5) is 0 Å². The maximum atomic E-state index is 4.27. The molecule has 0 saturated heterocycles. The summed E-state index contributed by atoms with van der Waals surface area (Å²) in [7, 11) is 0. The van der Waals surface area contributed by atoms with Crippen LogP contribution in [-0.4, -0.2) is 4.98 Å². The van der Waals surface area contributed by atoms with Gasteiger partial charge in [0, 0.05) is 16.9 Å². The van der Waals surface area contributed by atoms with E-state index in [4.69, 9.17) is 0 Å². The molecule has 0 unspecified atom stereocenters. The molecule has 1 heterocycles. The van der Waals surface area contributed by atoms with E-state index in [1.54, 1.807) is 0 Å². The molecule has 1 saturated carbocycles. The lowest BCUT2D eigenvalue weighted by atomic mass is 9.83. The number of hydrogen-bond donors (Lipinski definition) is 0. The zero-order chi connectivity index (χ0) is 10.3. The fraction of sp³-hybridized carbons (Fsp3) is 0.583. The Morgan fingerprint density at radius 1 is 1.29 bits per heavy atom. The van der Waals surface area contributed by atoms with Crippen molar-refractivity contribution in [2.75, 3.05) is 0 Å². The first-order valence-electron chi connectivity index (χ1n) is 5.14. The van der Waals surface area contributed by atoms with E-state index in [1.165, 1.54) is 24.0 Å². The molecular formula is C12H16BrN. The van der Waals surface area contributed by atoms with Gasteiger partial charge in [-0.2, -0.15) is 0 Å². The number of rotatable bonds is 1. The first-order valence-corrected chi connectivity index (χ1v) is 5.93. The van der Waals surface area contributed by atoms with E-state index in [1.807, 2.05) is 12.4 Å². The van der Waals surface area contributed by atoms with Crippen molar-refractivity contribution in [3.05, 3.63) is 28.0 Å². The van der Waals surface area contributed by atoms with E-state index < -0.39 is 0 Å². The highest BCUT2D eigenvalue weighted by Gasteiger charge is 2.31. The average Bonchev–Trinajstić information content (AvgIpc) is 2.83. The summed E-state index contributed by atoms with van der Waals surface area (Å²) < 4.78 is 1.16. The molecule has 0 radical (unpaired) electrons. The van der Waals surface area contributed by atoms with E-state index in [-0.39, 0.29) is 5.41 Å². The Kier molecular flexibility index (Phi) is 2.42. The molecule has 0 spiro atoms. The molecule has 0 N–H and O–H groups in total. The van der Waals surface area contributed by atoms with Crippen LogP contribution in [-0.2, 0) is 5.41 Å². The van der Waals surface area contributed by atoms with Gasteiger partial charge < -0.3 is 0 Å². The van der Waals surface area contributed by atoms with E-state index >= 15 is 0 Å². The molecule has 1 aromatic heterocycles. The quantitative estimate of drug-likeness (QED) is 0.737. The molecule has 1 aliphatic carbocycles. The summed E-state index contributed by atoms with van der Waals surface area (Å²) >= 11 is 3.62. The second-order valence-electron chi connectivity index (χ2n) is 5.11. The topological polar surface area (TPSA) is 12.9 Å². The molecule has 2 heteroatoms. The number of aromatic nitrogens is 1. The zero-order valence-electron chi connectivity index (χ0n) is 8.97. The van der Waals surface area contributed by atoms with E-state index in [0.29, 0.717) is 0 Å². The number of halogens is 1. The predicted molar refractivity (Wildman–Crippen MR) is 62.6 cm³/mol. The van der Waals surface area contributed by atoms with Gasteiger partial charge in [-0.1, -0.05) is 20.8 Å². The van der Waals surface area contributed by atoms with Crippen LogP contribution in [0.3, 0.4) is 0 Å². The fourth-order valence-electron chi connectivity index (χ4n) is 1.95. The SMILES string of the molecule is CC(C)(C)c1c(Br)cncc1C1CC1. The van der Waals surface area contributed by atoms with Gasteiger partial charge in [-0.05, 0) is 51.2 Å². The van der Waals surface area contributed by atoms with Crippen LogP contribution < -0.4 is 0 Å². The summed E-state index contributed by atoms with van der Waals surface area (Å²) in [6.07, 6.45) is 6.62. The van der Waals surface area contributed by atoms with Crippen LogP contribution in [0.15, 0.2) is 16.9 Å². The largest absolute Gasteiger partial charge is 0.263 e. The van der Waals surface area contributed by atoms with Gasteiger partial charge in [0.25, 0.3) is 0 Å². The standard InChI is InChI=1S/C12H16BrN/c1-12(2,3)11-9(8-4-5-8)6-14-7-10(11)13/h6-8H,4-5H2,1-3H3. The van der Waals surface area contributed by atoms with E-state index in [2.05, 4.69) is 41.7 Å². The van der Waals surface area contributed by atoms with Crippen molar-refractivity contribution in [2.45, 2.75) is 44.9 Å². The smallest absolute Gasteiger partial charge is 0.0413 e. The summed E-state index contributed by atoms with van der Waals surface area (Å²) in [5.41, 5.74) is 3.10. The molecule has 0 bridgehead atoms. The molecule has 0 amide bonds. The van der Waals surface area contributed by atoms with Crippen LogP contribution in [0.25, 0.3) is 0 Å². The van der Waals surface area contributed by atoms with E-state index in [9.17, 15) is 0 Å². The lowest BCUT2D eigenvalue weighted by molar-refractivity contribution is 0.578. The summed E-state index contributed by atoms with van der Waals surface area (Å²) in [5, 5.41) is 0. The second kappa shape index (κ2) is 3.34. The van der Waals surface area contributed by atoms with Gasteiger partial charge in [-0.25, -0.2) is 0 Å². The molecule has 0 aliphatic heterocycles. The summed E-state index contributed by atoms with van der Waals surface area (Å²) in [6, 6.07) is 0. The van der Waals surface area contributed by atoms with Gasteiger partial charge >= 0.3 is 0 Å². The molecule has 1 aromatic rings. The van der Waals surface area contributed by atoms with Crippen molar-refractivity contribution >= 4 is 15.9 Å². The minimum atomic E-state index is 0.208. The Bertz CT molecular complexity index is 348. The van der Waals surface area contributed by atoms with Crippen molar-refractivity contribution in [2.24, 2.45) is 0 Å². The minimum absolute atomic E-state index is 0.208. The van der Waals surface area contributed by atoms with Gasteiger partial charge in [0.05, 0.1) is 0 Å². The Hall–Kier alpha value is -0.370. The first-order chi connectivity index (χ1) is 6.50. The van der Waals surface area contributed by atoms with E-state index in [0.717, 1.165) is 10.4 Å². The number of hydrogen-bond acceptors (Lipinski definition) is 1. The molecule has 76 valence electrons. The lowest BCUT2D eigenvalue weighted by Crippen LogP contribution is -2.15. The molecule has 1 aliphatic rings. The molecule has 1 nitrogen and oxygen atoms in total. The average molecular weight is 254 g/mol. The molecule has 14 heavy (non-hydrogen) atoms. The van der Waals surface area contributed by atoms with Crippen LogP contribution >= 0.6 is 15.9 Å². The Morgan fingerprint density at radius 3 is 2.43 bits per heavy atom. The van der Waals surface area contributed by atoms with Crippen LogP contribution in [0.2, 0.25) is 0 Å². The van der Waals surface area contributed by atoms with Gasteiger partial charge in [0.2, 0.25) is 0 Å². The molecule has 1 fully saturated rings. The van der Waals surface area contributed by atoms with Crippen molar-refractivity contribution < 1.29 is 0 Å². The van der Waals surface area contributed by atoms with Crippen LogP contribution in [0, 0.1) is 0 Å². The van der Waals surface area contributed by atoms with Gasteiger partial charge in [-0.3, -0.25) is 4.98 Å². The predicted octanol–water partition coefficient (Wildman–Crippen LogP) is 4.02. The highest BCUT2D eigenvalue weighted by atomic mass is 79.9. The molecular weight excluding hydrogens is 238 g/mol. The number of nitrogens with zero attached hydrogens (tertiary/aromatic N) is 1. The minimum Gasteiger partial charge on any atom is -0.263 e. The zero-order valence-corrected chi connectivity index (χ0v) is 10.6. The van der Waals surface area contributed by atoms with Crippen molar-refractivity contribution in [1.82, 2.24) is 4.98 Å². The Morgan fingerprint density at radius 2 is 1.93 bits per heavy atom. The van der Waals surface area contributed by atoms with Gasteiger partial charge in [0.15, 0.2) is 0 Å². The summed E-state index contributed by atoms with van der Waals surface area (Å²) in [5.74, 6) is 0.772. The maximum Gasteiger partial charge on any atom is 0.0413 e. The normalized spacial score (nSPS) is 17.1. The summed E-state index contributed by atoms with van der Waals surface area (Å²) in [4.78, 5) is 4.27. The molecule has 2 rings (SSSR count). The third-order valence-electron chi connectivity index (χ3n) is 2.70. The third-order valence-corrected chi connectivity index (χ3v) is 3.30. The maximum absolute atomic E-state index is 4.27. The number of pyridine rings is 1. The van der Waals surface area contributed by atoms with Crippen LogP contribution in [0.1, 0.15) is 50.7 Å². The molecule has 0 atom stereocenters. The van der Waals surface area contributed by atoms with Gasteiger partial charge in [-0.15, -0.1) is 0 Å². The van der Waals surface area contributed by atoms with Crippen molar-refractivity contribution in [3.63, 3.8) is 0 Å². The monoisotopic (exact) mass is 253 g/mol. The van der Waals surface area contributed by atoms with Crippen molar-refractivity contribution in [3.8, 4) is 0 Å². The van der Waals surface area contributed by atoms with Crippen LogP contribution in [0.5, 0.6) is 0 Å². The second-order valence-corrected chi connectivity index (χ2v) is 5.96. The first kappa shape index (κ1) is 10.2. The Balaban J connectivity index is 2.53. The highest BCUT2D eigenvalue weighted by molar-refractivity contribution is 9.10. The fourth-order valence-corrected chi connectivity index (χ4v) is 2.89.